The monoisotopic (exact) mass is 421 g/mol. The number of nitrogens with one attached hydrogen (secondary N) is 1. The van der Waals surface area contributed by atoms with Crippen molar-refractivity contribution < 1.29 is 4.39 Å². The van der Waals surface area contributed by atoms with Crippen molar-refractivity contribution in [1.82, 2.24) is 19.9 Å². The van der Waals surface area contributed by atoms with Gasteiger partial charge in [0.2, 0.25) is 0 Å². The third kappa shape index (κ3) is 4.16. The van der Waals surface area contributed by atoms with Crippen molar-refractivity contribution in [1.29, 1.82) is 0 Å². The van der Waals surface area contributed by atoms with Gasteiger partial charge in [-0.3, -0.25) is 9.97 Å². The molecule has 5 aromatic rings. The average molecular weight is 421 g/mol. The highest BCUT2D eigenvalue weighted by atomic mass is 19.1. The number of anilines is 1. The maximum absolute atomic E-state index is 13.5. The molecule has 32 heavy (non-hydrogen) atoms. The molecule has 0 radical (unpaired) electrons. The van der Waals surface area contributed by atoms with Gasteiger partial charge < -0.3 is 5.32 Å². The Labute approximate surface area is 185 Å². The van der Waals surface area contributed by atoms with Gasteiger partial charge in [0, 0.05) is 47.3 Å². The Bertz CT molecular complexity index is 1400. The van der Waals surface area contributed by atoms with Crippen LogP contribution in [0.4, 0.5) is 10.2 Å². The van der Waals surface area contributed by atoms with Crippen LogP contribution in [0.15, 0.2) is 85.3 Å². The molecule has 0 amide bonds. The van der Waals surface area contributed by atoms with Crippen molar-refractivity contribution in [2.24, 2.45) is 0 Å². The molecule has 0 unspecified atom stereocenters. The lowest BCUT2D eigenvalue weighted by molar-refractivity contribution is 0.628. The van der Waals surface area contributed by atoms with Crippen LogP contribution in [0.3, 0.4) is 0 Å². The van der Waals surface area contributed by atoms with E-state index in [1.54, 1.807) is 24.7 Å². The van der Waals surface area contributed by atoms with Gasteiger partial charge in [-0.15, -0.1) is 0 Å². The Hall–Kier alpha value is -4.19. The predicted molar refractivity (Wildman–Crippen MR) is 124 cm³/mol. The van der Waals surface area contributed by atoms with E-state index >= 15 is 0 Å². The molecule has 0 aliphatic rings. The van der Waals surface area contributed by atoms with Gasteiger partial charge in [0.25, 0.3) is 0 Å². The van der Waals surface area contributed by atoms with Crippen molar-refractivity contribution in [2.45, 2.75) is 13.5 Å². The van der Waals surface area contributed by atoms with Gasteiger partial charge in [0.15, 0.2) is 0 Å². The SMILES string of the molecule is Cc1cc(-c2ccc3c(NCc4ccc(-c5cccc(F)c5)nc4)nccc3n2)ccn1. The van der Waals surface area contributed by atoms with Gasteiger partial charge in [-0.1, -0.05) is 18.2 Å². The smallest absolute Gasteiger partial charge is 0.135 e. The lowest BCUT2D eigenvalue weighted by Gasteiger charge is -2.10. The fourth-order valence-corrected chi connectivity index (χ4v) is 3.59. The summed E-state index contributed by atoms with van der Waals surface area (Å²) in [6.45, 7) is 2.53. The largest absolute Gasteiger partial charge is 0.365 e. The second kappa shape index (κ2) is 8.51. The normalized spacial score (nSPS) is 10.9. The molecule has 0 fully saturated rings. The molecular weight excluding hydrogens is 401 g/mol. The first-order valence-electron chi connectivity index (χ1n) is 10.3. The average Bonchev–Trinajstić information content (AvgIpc) is 2.82. The van der Waals surface area contributed by atoms with Crippen LogP contribution in [-0.4, -0.2) is 19.9 Å². The molecular formula is C26H20FN5. The van der Waals surface area contributed by atoms with Crippen LogP contribution in [0.5, 0.6) is 0 Å². The zero-order valence-electron chi connectivity index (χ0n) is 17.5. The van der Waals surface area contributed by atoms with Crippen LogP contribution < -0.4 is 5.32 Å². The first-order chi connectivity index (χ1) is 15.7. The van der Waals surface area contributed by atoms with E-state index in [9.17, 15) is 4.39 Å². The lowest BCUT2D eigenvalue weighted by atomic mass is 10.1. The third-order valence-corrected chi connectivity index (χ3v) is 5.21. The van der Waals surface area contributed by atoms with Crippen molar-refractivity contribution in [3.63, 3.8) is 0 Å². The minimum Gasteiger partial charge on any atom is -0.365 e. The summed E-state index contributed by atoms with van der Waals surface area (Å²) in [4.78, 5) is 18.0. The number of aromatic nitrogens is 4. The van der Waals surface area contributed by atoms with Crippen molar-refractivity contribution in [2.75, 3.05) is 5.32 Å². The van der Waals surface area contributed by atoms with E-state index in [1.165, 1.54) is 12.1 Å². The van der Waals surface area contributed by atoms with E-state index in [-0.39, 0.29) is 5.82 Å². The molecule has 4 heterocycles. The van der Waals surface area contributed by atoms with E-state index in [1.807, 2.05) is 55.5 Å². The molecule has 5 nitrogen and oxygen atoms in total. The summed E-state index contributed by atoms with van der Waals surface area (Å²) in [6.07, 6.45) is 5.34. The van der Waals surface area contributed by atoms with Crippen molar-refractivity contribution >= 4 is 16.7 Å². The van der Waals surface area contributed by atoms with E-state index in [0.29, 0.717) is 6.54 Å². The molecule has 156 valence electrons. The van der Waals surface area contributed by atoms with Crippen LogP contribution in [0.1, 0.15) is 11.3 Å². The summed E-state index contributed by atoms with van der Waals surface area (Å²) in [5, 5.41) is 4.33. The zero-order valence-corrected chi connectivity index (χ0v) is 17.5. The molecule has 0 aliphatic carbocycles. The van der Waals surface area contributed by atoms with Gasteiger partial charge in [0.05, 0.1) is 16.9 Å². The summed E-state index contributed by atoms with van der Waals surface area (Å²) in [5.41, 5.74) is 6.26. The highest BCUT2D eigenvalue weighted by Crippen LogP contribution is 2.25. The summed E-state index contributed by atoms with van der Waals surface area (Å²) in [5.74, 6) is 0.495. The molecule has 0 spiro atoms. The molecule has 1 aromatic carbocycles. The highest BCUT2D eigenvalue weighted by Gasteiger charge is 2.07. The predicted octanol–water partition coefficient (Wildman–Crippen LogP) is 5.81. The van der Waals surface area contributed by atoms with E-state index in [2.05, 4.69) is 20.3 Å². The Morgan fingerprint density at radius 1 is 0.812 bits per heavy atom. The van der Waals surface area contributed by atoms with Crippen molar-refractivity contribution in [3.8, 4) is 22.5 Å². The Morgan fingerprint density at radius 3 is 2.47 bits per heavy atom. The Balaban J connectivity index is 1.35. The minimum absolute atomic E-state index is 0.270. The van der Waals surface area contributed by atoms with Crippen LogP contribution >= 0.6 is 0 Å². The minimum atomic E-state index is -0.270. The van der Waals surface area contributed by atoms with Crippen LogP contribution in [0.25, 0.3) is 33.4 Å². The fourth-order valence-electron chi connectivity index (χ4n) is 3.59. The molecule has 0 aliphatic heterocycles. The lowest BCUT2D eigenvalue weighted by Crippen LogP contribution is -2.03. The summed E-state index contributed by atoms with van der Waals surface area (Å²) >= 11 is 0. The maximum Gasteiger partial charge on any atom is 0.135 e. The number of aryl methyl sites for hydroxylation is 1. The van der Waals surface area contributed by atoms with Gasteiger partial charge in [-0.2, -0.15) is 0 Å². The van der Waals surface area contributed by atoms with E-state index in [0.717, 1.165) is 50.5 Å². The standard InChI is InChI=1S/C26H20FN5/c1-17-13-20(9-11-28-17)24-8-6-22-25(32-24)10-12-29-26(22)31-16-18-5-7-23(30-15-18)19-3-2-4-21(27)14-19/h2-15H,16H2,1H3,(H,29,31). The summed E-state index contributed by atoms with van der Waals surface area (Å²) in [7, 11) is 0. The maximum atomic E-state index is 13.5. The molecule has 0 saturated heterocycles. The quantitative estimate of drug-likeness (QED) is 0.388. The molecule has 0 saturated carbocycles. The fraction of sp³-hybridized carbons (Fsp3) is 0.0769. The van der Waals surface area contributed by atoms with E-state index < -0.39 is 0 Å². The van der Waals surface area contributed by atoms with E-state index in [4.69, 9.17) is 4.98 Å². The number of hydrogen-bond donors (Lipinski definition) is 1. The molecule has 6 heteroatoms. The van der Waals surface area contributed by atoms with Crippen LogP contribution in [0, 0.1) is 12.7 Å². The first-order valence-corrected chi connectivity index (χ1v) is 10.3. The topological polar surface area (TPSA) is 63.6 Å². The van der Waals surface area contributed by atoms with Crippen molar-refractivity contribution in [3.05, 3.63) is 102 Å². The second-order valence-electron chi connectivity index (χ2n) is 7.52. The molecule has 5 rings (SSSR count). The number of rotatable bonds is 5. The van der Waals surface area contributed by atoms with Gasteiger partial charge >= 0.3 is 0 Å². The van der Waals surface area contributed by atoms with Crippen LogP contribution in [0.2, 0.25) is 0 Å². The number of pyridine rings is 4. The number of nitrogens with zero attached hydrogens (tertiary/aromatic N) is 4. The summed E-state index contributed by atoms with van der Waals surface area (Å²) < 4.78 is 13.5. The van der Waals surface area contributed by atoms with Crippen LogP contribution in [-0.2, 0) is 6.54 Å². The van der Waals surface area contributed by atoms with Gasteiger partial charge in [-0.25, -0.2) is 14.4 Å². The zero-order chi connectivity index (χ0) is 21.9. The third-order valence-electron chi connectivity index (χ3n) is 5.21. The summed E-state index contributed by atoms with van der Waals surface area (Å²) in [6, 6.07) is 20.2. The highest BCUT2D eigenvalue weighted by molar-refractivity contribution is 5.90. The van der Waals surface area contributed by atoms with Gasteiger partial charge in [-0.05, 0) is 61.0 Å². The molecule has 0 atom stereocenters. The molecule has 1 N–H and O–H groups in total. The Morgan fingerprint density at radius 2 is 1.66 bits per heavy atom. The Kier molecular flexibility index (Phi) is 5.25. The molecule has 0 bridgehead atoms. The molecule has 4 aromatic heterocycles. The number of benzene rings is 1. The van der Waals surface area contributed by atoms with Gasteiger partial charge in [0.1, 0.15) is 11.6 Å². The number of halogens is 1. The number of fused-ring (bicyclic) bond motifs is 1. The second-order valence-corrected chi connectivity index (χ2v) is 7.52. The first kappa shape index (κ1) is 19.8. The number of hydrogen-bond acceptors (Lipinski definition) is 5.